The minimum absolute atomic E-state index is 0.00799. The third-order valence-electron chi connectivity index (χ3n) is 2.23. The Morgan fingerprint density at radius 3 is 2.71 bits per heavy atom. The molecule has 0 saturated heterocycles. The van der Waals surface area contributed by atoms with Crippen LogP contribution in [0.4, 0.5) is 5.95 Å². The number of methoxy groups -OCH3 is 1. The summed E-state index contributed by atoms with van der Waals surface area (Å²) in [5, 5.41) is 3.13. The van der Waals surface area contributed by atoms with Crippen molar-refractivity contribution in [2.75, 3.05) is 12.4 Å². The highest BCUT2D eigenvalue weighted by atomic mass is 79.9. The van der Waals surface area contributed by atoms with Crippen LogP contribution in [0, 0.1) is 0 Å². The summed E-state index contributed by atoms with van der Waals surface area (Å²) < 4.78 is 5.48. The molecule has 0 bridgehead atoms. The lowest BCUT2D eigenvalue weighted by Gasteiger charge is -2.16. The largest absolute Gasteiger partial charge is 0.469 e. The maximum absolute atomic E-state index is 11.2. The topological polar surface area (TPSA) is 64.1 Å². The van der Waals surface area contributed by atoms with E-state index in [2.05, 4.69) is 42.9 Å². The first-order valence-electron chi connectivity index (χ1n) is 5.46. The Hall–Kier alpha value is -1.17. The average molecular weight is 302 g/mol. The predicted molar refractivity (Wildman–Crippen MR) is 68.7 cm³/mol. The Morgan fingerprint density at radius 2 is 2.18 bits per heavy atom. The number of ether oxygens (including phenoxy) is 1. The Kier molecular flexibility index (Phi) is 5.90. The van der Waals surface area contributed by atoms with Crippen molar-refractivity contribution in [1.29, 1.82) is 0 Å². The van der Waals surface area contributed by atoms with E-state index in [9.17, 15) is 4.79 Å². The zero-order valence-corrected chi connectivity index (χ0v) is 11.5. The maximum Gasteiger partial charge on any atom is 0.307 e. The fourth-order valence-electron chi connectivity index (χ4n) is 1.43. The lowest BCUT2D eigenvalue weighted by molar-refractivity contribution is -0.140. The van der Waals surface area contributed by atoms with Crippen LogP contribution in [0.15, 0.2) is 16.9 Å². The van der Waals surface area contributed by atoms with Gasteiger partial charge in [0, 0.05) is 18.4 Å². The zero-order valence-electron chi connectivity index (χ0n) is 9.94. The second-order valence-corrected chi connectivity index (χ2v) is 4.55. The van der Waals surface area contributed by atoms with Gasteiger partial charge in [-0.1, -0.05) is 13.3 Å². The Balaban J connectivity index is 2.59. The van der Waals surface area contributed by atoms with Gasteiger partial charge >= 0.3 is 5.97 Å². The van der Waals surface area contributed by atoms with E-state index in [1.807, 2.05) is 0 Å². The van der Waals surface area contributed by atoms with Gasteiger partial charge in [0.15, 0.2) is 0 Å². The minimum atomic E-state index is -0.229. The number of halogens is 1. The van der Waals surface area contributed by atoms with Crippen molar-refractivity contribution >= 4 is 27.8 Å². The molecule has 0 aliphatic carbocycles. The van der Waals surface area contributed by atoms with Gasteiger partial charge < -0.3 is 10.1 Å². The highest BCUT2D eigenvalue weighted by Crippen LogP contribution is 2.11. The van der Waals surface area contributed by atoms with E-state index in [-0.39, 0.29) is 12.0 Å². The normalized spacial score (nSPS) is 11.9. The van der Waals surface area contributed by atoms with Crippen molar-refractivity contribution < 1.29 is 9.53 Å². The molecule has 0 amide bonds. The van der Waals surface area contributed by atoms with E-state index < -0.39 is 0 Å². The van der Waals surface area contributed by atoms with Crippen molar-refractivity contribution in [2.24, 2.45) is 0 Å². The van der Waals surface area contributed by atoms with Gasteiger partial charge in [0.2, 0.25) is 5.95 Å². The molecule has 0 aliphatic heterocycles. The molecule has 17 heavy (non-hydrogen) atoms. The van der Waals surface area contributed by atoms with Crippen LogP contribution in [0.3, 0.4) is 0 Å². The summed E-state index contributed by atoms with van der Waals surface area (Å²) >= 11 is 3.27. The summed E-state index contributed by atoms with van der Waals surface area (Å²) in [4.78, 5) is 19.5. The summed E-state index contributed by atoms with van der Waals surface area (Å²) in [5.41, 5.74) is 0. The zero-order chi connectivity index (χ0) is 12.7. The molecule has 0 spiro atoms. The second kappa shape index (κ2) is 7.21. The van der Waals surface area contributed by atoms with Crippen LogP contribution in [0.5, 0.6) is 0 Å². The Labute approximate surface area is 109 Å². The molecular formula is C11H16BrN3O2. The number of rotatable bonds is 6. The molecular weight excluding hydrogens is 286 g/mol. The van der Waals surface area contributed by atoms with Gasteiger partial charge in [-0.2, -0.15) is 0 Å². The molecule has 1 atom stereocenters. The number of aromatic nitrogens is 2. The highest BCUT2D eigenvalue weighted by molar-refractivity contribution is 9.10. The van der Waals surface area contributed by atoms with Crippen molar-refractivity contribution in [2.45, 2.75) is 32.2 Å². The van der Waals surface area contributed by atoms with E-state index in [0.717, 1.165) is 17.3 Å². The van der Waals surface area contributed by atoms with Gasteiger partial charge in [-0.15, -0.1) is 0 Å². The van der Waals surface area contributed by atoms with Crippen molar-refractivity contribution in [3.8, 4) is 0 Å². The first-order valence-corrected chi connectivity index (χ1v) is 6.26. The van der Waals surface area contributed by atoms with Gasteiger partial charge in [-0.25, -0.2) is 9.97 Å². The van der Waals surface area contributed by atoms with Crippen LogP contribution in [-0.4, -0.2) is 29.1 Å². The van der Waals surface area contributed by atoms with Crippen LogP contribution >= 0.6 is 15.9 Å². The monoisotopic (exact) mass is 301 g/mol. The summed E-state index contributed by atoms with van der Waals surface area (Å²) in [6.45, 7) is 2.06. The van der Waals surface area contributed by atoms with E-state index in [4.69, 9.17) is 0 Å². The first kappa shape index (κ1) is 13.9. The Bertz CT molecular complexity index is 356. The minimum Gasteiger partial charge on any atom is -0.469 e. The molecule has 1 heterocycles. The SMILES string of the molecule is CCCC(CC(=O)OC)Nc1ncc(Br)cn1. The van der Waals surface area contributed by atoms with Crippen LogP contribution in [0.1, 0.15) is 26.2 Å². The van der Waals surface area contributed by atoms with Crippen LogP contribution in [0.2, 0.25) is 0 Å². The molecule has 1 aromatic rings. The predicted octanol–water partition coefficient (Wildman–Crippen LogP) is 2.38. The molecule has 5 nitrogen and oxygen atoms in total. The molecule has 0 fully saturated rings. The molecule has 94 valence electrons. The van der Waals surface area contributed by atoms with Crippen molar-refractivity contribution in [3.05, 3.63) is 16.9 Å². The number of carbonyl (C=O) groups excluding carboxylic acids is 1. The Morgan fingerprint density at radius 1 is 1.53 bits per heavy atom. The number of anilines is 1. The van der Waals surface area contributed by atoms with Gasteiger partial charge in [0.25, 0.3) is 0 Å². The maximum atomic E-state index is 11.2. The van der Waals surface area contributed by atoms with Crippen molar-refractivity contribution in [3.63, 3.8) is 0 Å². The van der Waals surface area contributed by atoms with E-state index in [0.29, 0.717) is 12.4 Å². The molecule has 0 aromatic carbocycles. The van der Waals surface area contributed by atoms with Crippen molar-refractivity contribution in [1.82, 2.24) is 9.97 Å². The second-order valence-electron chi connectivity index (χ2n) is 3.64. The molecule has 1 rings (SSSR count). The quantitative estimate of drug-likeness (QED) is 0.817. The summed E-state index contributed by atoms with van der Waals surface area (Å²) in [6.07, 6.45) is 5.50. The number of esters is 1. The summed E-state index contributed by atoms with van der Waals surface area (Å²) in [7, 11) is 1.39. The number of nitrogens with zero attached hydrogens (tertiary/aromatic N) is 2. The smallest absolute Gasteiger partial charge is 0.307 e. The molecule has 0 aliphatic rings. The molecule has 0 radical (unpaired) electrons. The van der Waals surface area contributed by atoms with Gasteiger partial charge in [0.05, 0.1) is 18.0 Å². The standard InChI is InChI=1S/C11H16BrN3O2/c1-3-4-9(5-10(16)17-2)15-11-13-6-8(12)7-14-11/h6-7,9H,3-5H2,1-2H3,(H,13,14,15). The van der Waals surface area contributed by atoms with Crippen LogP contribution in [-0.2, 0) is 9.53 Å². The molecule has 6 heteroatoms. The molecule has 0 saturated carbocycles. The lowest BCUT2D eigenvalue weighted by atomic mass is 10.1. The summed E-state index contributed by atoms with van der Waals surface area (Å²) in [6, 6.07) is 0.00799. The number of hydrogen-bond donors (Lipinski definition) is 1. The fourth-order valence-corrected chi connectivity index (χ4v) is 1.63. The summed E-state index contributed by atoms with van der Waals surface area (Å²) in [5.74, 6) is 0.295. The van der Waals surface area contributed by atoms with Crippen LogP contribution < -0.4 is 5.32 Å². The van der Waals surface area contributed by atoms with Gasteiger partial charge in [-0.3, -0.25) is 4.79 Å². The van der Waals surface area contributed by atoms with Gasteiger partial charge in [0.1, 0.15) is 0 Å². The highest BCUT2D eigenvalue weighted by Gasteiger charge is 2.14. The number of hydrogen-bond acceptors (Lipinski definition) is 5. The number of carbonyl (C=O) groups is 1. The molecule has 1 unspecified atom stereocenters. The van der Waals surface area contributed by atoms with E-state index in [1.54, 1.807) is 12.4 Å². The molecule has 1 N–H and O–H groups in total. The number of nitrogens with one attached hydrogen (secondary N) is 1. The first-order chi connectivity index (χ1) is 8.15. The lowest BCUT2D eigenvalue weighted by Crippen LogP contribution is -2.24. The third kappa shape index (κ3) is 5.12. The van der Waals surface area contributed by atoms with E-state index >= 15 is 0 Å². The van der Waals surface area contributed by atoms with E-state index in [1.165, 1.54) is 7.11 Å². The third-order valence-corrected chi connectivity index (χ3v) is 2.64. The fraction of sp³-hybridized carbons (Fsp3) is 0.545. The van der Waals surface area contributed by atoms with Crippen LogP contribution in [0.25, 0.3) is 0 Å². The average Bonchev–Trinajstić information content (AvgIpc) is 2.32. The molecule has 1 aromatic heterocycles. The van der Waals surface area contributed by atoms with Gasteiger partial charge in [-0.05, 0) is 22.4 Å².